The summed E-state index contributed by atoms with van der Waals surface area (Å²) in [5, 5.41) is 5.84. The number of benzene rings is 4. The van der Waals surface area contributed by atoms with E-state index in [-0.39, 0.29) is 5.70 Å². The van der Waals surface area contributed by atoms with Crippen molar-refractivity contribution in [1.29, 1.82) is 0 Å². The molecule has 180 valence electrons. The minimum atomic E-state index is -2.70. The molecule has 4 aromatic carbocycles. The standard InChI is InChI=1S/C30H26NO3PS/c1-22-13-12-14-23(21-22)28(32)31-27(29(33)34-2)30(36)35(24-15-6-3-7-16-24,25-17-8-4-9-18-25)26-19-10-5-11-20-26/h3-21H,1-2H3,(H-,31,32,33,36)/p+1. The Balaban J connectivity index is 2.03. The van der Waals surface area contributed by atoms with Crippen LogP contribution in [-0.2, 0) is 9.53 Å². The monoisotopic (exact) mass is 512 g/mol. The maximum Gasteiger partial charge on any atom is 0.359 e. The van der Waals surface area contributed by atoms with E-state index < -0.39 is 19.1 Å². The van der Waals surface area contributed by atoms with Crippen molar-refractivity contribution in [2.45, 2.75) is 6.92 Å². The first-order chi connectivity index (χ1) is 17.5. The van der Waals surface area contributed by atoms with Crippen molar-refractivity contribution >= 4 is 47.7 Å². The molecule has 0 unspecified atom stereocenters. The molecule has 1 N–H and O–H groups in total. The smallest absolute Gasteiger partial charge is 0.359 e. The molecule has 4 nitrogen and oxygen atoms in total. The predicted octanol–water partition coefficient (Wildman–Crippen LogP) is 4.99. The summed E-state index contributed by atoms with van der Waals surface area (Å²) in [5.74, 6) is -1.06. The van der Waals surface area contributed by atoms with Gasteiger partial charge < -0.3 is 10.1 Å². The molecule has 0 aliphatic carbocycles. The lowest BCUT2D eigenvalue weighted by Crippen LogP contribution is -2.36. The average molecular weight is 513 g/mol. The number of esters is 1. The van der Waals surface area contributed by atoms with E-state index in [0.29, 0.717) is 10.2 Å². The molecule has 4 rings (SSSR count). The van der Waals surface area contributed by atoms with Crippen LogP contribution in [0.3, 0.4) is 0 Å². The summed E-state index contributed by atoms with van der Waals surface area (Å²) in [6.45, 7) is 1.91. The van der Waals surface area contributed by atoms with E-state index in [1.165, 1.54) is 7.11 Å². The molecule has 0 saturated carbocycles. The molecular weight excluding hydrogens is 485 g/mol. The zero-order valence-corrected chi connectivity index (χ0v) is 21.9. The lowest BCUT2D eigenvalue weighted by atomic mass is 10.1. The number of hydrogen-bond acceptors (Lipinski definition) is 4. The number of aryl methyl sites for hydroxylation is 1. The number of carbonyl (C=O) groups excluding carboxylic acids is 2. The second kappa shape index (κ2) is 11.4. The number of hydrogen-bond donors (Lipinski definition) is 2. The summed E-state index contributed by atoms with van der Waals surface area (Å²) in [4.78, 5) is 26.5. The molecule has 0 fully saturated rings. The van der Waals surface area contributed by atoms with Crippen LogP contribution < -0.4 is 21.2 Å². The van der Waals surface area contributed by atoms with Crippen molar-refractivity contribution in [2.24, 2.45) is 0 Å². The van der Waals surface area contributed by atoms with Crippen LogP contribution in [0.1, 0.15) is 15.9 Å². The van der Waals surface area contributed by atoms with E-state index in [1.54, 1.807) is 12.1 Å². The van der Waals surface area contributed by atoms with Crippen LogP contribution >= 0.6 is 19.9 Å². The van der Waals surface area contributed by atoms with Crippen LogP contribution in [0.4, 0.5) is 0 Å². The Kier molecular flexibility index (Phi) is 8.04. The van der Waals surface area contributed by atoms with Gasteiger partial charge in [0.15, 0.2) is 17.6 Å². The fraction of sp³-hybridized carbons (Fsp3) is 0.0667. The topological polar surface area (TPSA) is 55.4 Å². The van der Waals surface area contributed by atoms with Gasteiger partial charge in [-0.15, -0.1) is 12.6 Å². The Morgan fingerprint density at radius 2 is 1.19 bits per heavy atom. The van der Waals surface area contributed by atoms with Gasteiger partial charge in [-0.05, 0) is 55.5 Å². The van der Waals surface area contributed by atoms with Crippen molar-refractivity contribution in [1.82, 2.24) is 5.32 Å². The third kappa shape index (κ3) is 4.99. The molecule has 0 radical (unpaired) electrons. The van der Waals surface area contributed by atoms with Gasteiger partial charge in [-0.3, -0.25) is 4.79 Å². The lowest BCUT2D eigenvalue weighted by Gasteiger charge is -2.28. The summed E-state index contributed by atoms with van der Waals surface area (Å²) < 4.78 is 5.61. The molecule has 6 heteroatoms. The number of ether oxygens (including phenoxy) is 1. The highest BCUT2D eigenvalue weighted by Crippen LogP contribution is 2.64. The lowest BCUT2D eigenvalue weighted by molar-refractivity contribution is -0.136. The normalized spacial score (nSPS) is 11.9. The first-order valence-electron chi connectivity index (χ1n) is 11.4. The highest BCUT2D eigenvalue weighted by Gasteiger charge is 2.51. The van der Waals surface area contributed by atoms with Gasteiger partial charge in [-0.25, -0.2) is 4.79 Å². The third-order valence-corrected chi connectivity index (χ3v) is 11.1. The summed E-state index contributed by atoms with van der Waals surface area (Å²) in [7, 11) is -1.40. The van der Waals surface area contributed by atoms with Gasteiger partial charge in [0.1, 0.15) is 15.9 Å². The Bertz CT molecular complexity index is 1290. The van der Waals surface area contributed by atoms with E-state index >= 15 is 0 Å². The molecular formula is C30H27NO3PS+. The SMILES string of the molecule is COC(=O)/C(NC(=O)c1cccc(C)c1)=C(/S)[P+](c1ccccc1)(c1ccccc1)c1ccccc1. The number of methoxy groups -OCH3 is 1. The maximum absolute atomic E-state index is 13.3. The van der Waals surface area contributed by atoms with E-state index in [9.17, 15) is 9.59 Å². The molecule has 4 aromatic rings. The minimum Gasteiger partial charge on any atom is -0.464 e. The van der Waals surface area contributed by atoms with Gasteiger partial charge in [-0.2, -0.15) is 0 Å². The second-order valence-electron chi connectivity index (χ2n) is 8.19. The van der Waals surface area contributed by atoms with Gasteiger partial charge in [0, 0.05) is 5.56 Å². The summed E-state index contributed by atoms with van der Waals surface area (Å²) in [6.07, 6.45) is 0. The zero-order chi connectivity index (χ0) is 25.5. The van der Waals surface area contributed by atoms with Gasteiger partial charge in [0.25, 0.3) is 5.91 Å². The molecule has 36 heavy (non-hydrogen) atoms. The van der Waals surface area contributed by atoms with Gasteiger partial charge >= 0.3 is 5.97 Å². The summed E-state index contributed by atoms with van der Waals surface area (Å²) in [5.41, 5.74) is 1.41. The van der Waals surface area contributed by atoms with E-state index in [1.807, 2.05) is 110 Å². The van der Waals surface area contributed by atoms with Crippen molar-refractivity contribution in [3.8, 4) is 0 Å². The van der Waals surface area contributed by atoms with Gasteiger partial charge in [-0.1, -0.05) is 72.3 Å². The zero-order valence-electron chi connectivity index (χ0n) is 20.1. The Morgan fingerprint density at radius 1 is 0.722 bits per heavy atom. The third-order valence-electron chi connectivity index (χ3n) is 5.88. The van der Waals surface area contributed by atoms with Gasteiger partial charge in [0.05, 0.1) is 7.11 Å². The maximum atomic E-state index is 13.3. The molecule has 0 spiro atoms. The molecule has 0 bridgehead atoms. The highest BCUT2D eigenvalue weighted by atomic mass is 32.1. The van der Waals surface area contributed by atoms with Crippen LogP contribution in [0.15, 0.2) is 126 Å². The molecule has 0 atom stereocenters. The Hall–Kier alpha value is -3.66. The van der Waals surface area contributed by atoms with Crippen molar-refractivity contribution < 1.29 is 14.3 Å². The Labute approximate surface area is 217 Å². The fourth-order valence-electron chi connectivity index (χ4n) is 4.21. The minimum absolute atomic E-state index is 0.0252. The average Bonchev–Trinajstić information content (AvgIpc) is 2.93. The highest BCUT2D eigenvalue weighted by molar-refractivity contribution is 8.11. The number of rotatable bonds is 7. The van der Waals surface area contributed by atoms with Crippen molar-refractivity contribution in [2.75, 3.05) is 7.11 Å². The molecule has 1 amide bonds. The number of thiol groups is 1. The second-order valence-corrected chi connectivity index (χ2v) is 12.3. The summed E-state index contributed by atoms with van der Waals surface area (Å²) in [6, 6.07) is 37.2. The molecule has 0 aromatic heterocycles. The van der Waals surface area contributed by atoms with E-state index in [4.69, 9.17) is 17.4 Å². The quantitative estimate of drug-likeness (QED) is 0.159. The van der Waals surface area contributed by atoms with Gasteiger partial charge in [0.2, 0.25) is 0 Å². The van der Waals surface area contributed by atoms with Crippen LogP contribution in [0, 0.1) is 6.92 Å². The van der Waals surface area contributed by atoms with E-state index in [0.717, 1.165) is 21.5 Å². The van der Waals surface area contributed by atoms with Crippen LogP contribution in [0.5, 0.6) is 0 Å². The fourth-order valence-corrected chi connectivity index (χ4v) is 9.36. The largest absolute Gasteiger partial charge is 0.464 e. The van der Waals surface area contributed by atoms with E-state index in [2.05, 4.69) is 5.32 Å². The molecule has 0 aliphatic rings. The number of amides is 1. The van der Waals surface area contributed by atoms with Crippen LogP contribution in [0.25, 0.3) is 0 Å². The number of carbonyl (C=O) groups is 2. The molecule has 0 aliphatic heterocycles. The van der Waals surface area contributed by atoms with Crippen molar-refractivity contribution in [3.05, 3.63) is 137 Å². The number of nitrogens with one attached hydrogen (secondary N) is 1. The molecule has 0 saturated heterocycles. The summed E-state index contributed by atoms with van der Waals surface area (Å²) >= 11 is 5.05. The van der Waals surface area contributed by atoms with Crippen molar-refractivity contribution in [3.63, 3.8) is 0 Å². The molecule has 0 heterocycles. The predicted molar refractivity (Wildman–Crippen MR) is 152 cm³/mol. The Morgan fingerprint density at radius 3 is 1.61 bits per heavy atom. The van der Waals surface area contributed by atoms with Crippen LogP contribution in [-0.4, -0.2) is 19.0 Å². The van der Waals surface area contributed by atoms with Crippen LogP contribution in [0.2, 0.25) is 0 Å². The first kappa shape index (κ1) is 25.4. The first-order valence-corrected chi connectivity index (χ1v) is 13.7.